The molecule has 1 aliphatic rings. The normalized spacial score (nSPS) is 26.9. The van der Waals surface area contributed by atoms with E-state index in [1.54, 1.807) is 0 Å². The van der Waals surface area contributed by atoms with Gasteiger partial charge in [-0.2, -0.15) is 0 Å². The van der Waals surface area contributed by atoms with Crippen LogP contribution in [-0.4, -0.2) is 32.4 Å². The zero-order valence-corrected chi connectivity index (χ0v) is 7.56. The van der Waals surface area contributed by atoms with Gasteiger partial charge in [0.25, 0.3) is 0 Å². The van der Waals surface area contributed by atoms with E-state index in [2.05, 4.69) is 12.2 Å². The molecule has 1 N–H and O–H groups in total. The maximum Gasteiger partial charge on any atom is 0.220 e. The van der Waals surface area contributed by atoms with Crippen molar-refractivity contribution in [3.63, 3.8) is 0 Å². The Hall–Kier alpha value is -0.580. The minimum atomic E-state index is -2.82. The number of rotatable bonds is 2. The van der Waals surface area contributed by atoms with E-state index >= 15 is 0 Å². The van der Waals surface area contributed by atoms with Crippen molar-refractivity contribution in [1.82, 2.24) is 5.32 Å². The first-order chi connectivity index (χ1) is 5.49. The molecule has 0 aromatic rings. The SMILES string of the molecule is [CH2]C(=O)NCC1CCS(=O)(=O)C1. The van der Waals surface area contributed by atoms with Crippen molar-refractivity contribution in [2.45, 2.75) is 6.42 Å². The number of carbonyl (C=O) groups is 1. The van der Waals surface area contributed by atoms with Crippen molar-refractivity contribution < 1.29 is 13.2 Å². The van der Waals surface area contributed by atoms with Crippen LogP contribution in [0.15, 0.2) is 0 Å². The Morgan fingerprint density at radius 1 is 1.58 bits per heavy atom. The molecule has 0 aromatic carbocycles. The number of nitrogens with one attached hydrogen (secondary N) is 1. The summed E-state index contributed by atoms with van der Waals surface area (Å²) < 4.78 is 21.9. The van der Waals surface area contributed by atoms with Gasteiger partial charge in [0.05, 0.1) is 11.5 Å². The van der Waals surface area contributed by atoms with Crippen LogP contribution in [0, 0.1) is 12.8 Å². The van der Waals surface area contributed by atoms with Crippen molar-refractivity contribution in [2.75, 3.05) is 18.1 Å². The molecule has 1 fully saturated rings. The average molecular weight is 190 g/mol. The smallest absolute Gasteiger partial charge is 0.220 e. The van der Waals surface area contributed by atoms with Crippen LogP contribution in [0.25, 0.3) is 0 Å². The maximum atomic E-state index is 11.0. The highest BCUT2D eigenvalue weighted by atomic mass is 32.2. The summed E-state index contributed by atoms with van der Waals surface area (Å²) in [5, 5.41) is 2.51. The molecular weight excluding hydrogens is 178 g/mol. The van der Waals surface area contributed by atoms with Crippen molar-refractivity contribution in [1.29, 1.82) is 0 Å². The van der Waals surface area contributed by atoms with E-state index in [1.807, 2.05) is 0 Å². The van der Waals surface area contributed by atoms with Gasteiger partial charge in [-0.15, -0.1) is 0 Å². The predicted molar refractivity (Wildman–Crippen MR) is 45.1 cm³/mol. The molecule has 1 heterocycles. The number of sulfone groups is 1. The maximum absolute atomic E-state index is 11.0. The van der Waals surface area contributed by atoms with Crippen molar-refractivity contribution >= 4 is 15.7 Å². The van der Waals surface area contributed by atoms with Crippen LogP contribution in [0.5, 0.6) is 0 Å². The fourth-order valence-corrected chi connectivity index (χ4v) is 3.15. The Kier molecular flexibility index (Phi) is 2.72. The Labute approximate surface area is 72.3 Å². The molecule has 0 bridgehead atoms. The Bertz CT molecular complexity index is 270. The number of amides is 1. The van der Waals surface area contributed by atoms with E-state index in [0.29, 0.717) is 13.0 Å². The van der Waals surface area contributed by atoms with Crippen LogP contribution in [0.4, 0.5) is 0 Å². The molecule has 1 rings (SSSR count). The molecule has 0 aromatic heterocycles. The lowest BCUT2D eigenvalue weighted by Crippen LogP contribution is -2.27. The van der Waals surface area contributed by atoms with Crippen LogP contribution >= 0.6 is 0 Å². The lowest BCUT2D eigenvalue weighted by atomic mass is 10.1. The van der Waals surface area contributed by atoms with Crippen LogP contribution < -0.4 is 5.32 Å². The van der Waals surface area contributed by atoms with Crippen molar-refractivity contribution in [3.8, 4) is 0 Å². The van der Waals surface area contributed by atoms with E-state index in [9.17, 15) is 13.2 Å². The molecule has 1 unspecified atom stereocenters. The van der Waals surface area contributed by atoms with E-state index in [-0.39, 0.29) is 23.3 Å². The monoisotopic (exact) mass is 190 g/mol. The summed E-state index contributed by atoms with van der Waals surface area (Å²) in [4.78, 5) is 10.4. The first kappa shape index (κ1) is 9.51. The highest BCUT2D eigenvalue weighted by molar-refractivity contribution is 7.91. The molecule has 5 heteroatoms. The molecule has 1 aliphatic heterocycles. The van der Waals surface area contributed by atoms with Crippen LogP contribution in [-0.2, 0) is 14.6 Å². The van der Waals surface area contributed by atoms with Gasteiger partial charge in [0.15, 0.2) is 9.84 Å². The molecule has 0 spiro atoms. The quantitative estimate of drug-likeness (QED) is 0.630. The minimum Gasteiger partial charge on any atom is -0.356 e. The van der Waals surface area contributed by atoms with E-state index in [0.717, 1.165) is 0 Å². The second-order valence-electron chi connectivity index (χ2n) is 3.07. The molecule has 1 saturated heterocycles. The van der Waals surface area contributed by atoms with Gasteiger partial charge in [-0.05, 0) is 12.3 Å². The van der Waals surface area contributed by atoms with Gasteiger partial charge in [0.1, 0.15) is 0 Å². The summed E-state index contributed by atoms with van der Waals surface area (Å²) >= 11 is 0. The fraction of sp³-hybridized carbons (Fsp3) is 0.714. The summed E-state index contributed by atoms with van der Waals surface area (Å²) in [5.74, 6) is 0.192. The summed E-state index contributed by atoms with van der Waals surface area (Å²) in [6.45, 7) is 3.57. The molecule has 0 saturated carbocycles. The molecule has 1 atom stereocenters. The summed E-state index contributed by atoms with van der Waals surface area (Å²) in [6, 6.07) is 0. The van der Waals surface area contributed by atoms with E-state index in [1.165, 1.54) is 0 Å². The number of hydrogen-bond acceptors (Lipinski definition) is 3. The van der Waals surface area contributed by atoms with Gasteiger partial charge >= 0.3 is 0 Å². The van der Waals surface area contributed by atoms with Crippen molar-refractivity contribution in [2.24, 2.45) is 5.92 Å². The highest BCUT2D eigenvalue weighted by Gasteiger charge is 2.27. The van der Waals surface area contributed by atoms with Crippen LogP contribution in [0.1, 0.15) is 6.42 Å². The van der Waals surface area contributed by atoms with Crippen LogP contribution in [0.3, 0.4) is 0 Å². The van der Waals surface area contributed by atoms with Gasteiger partial charge < -0.3 is 5.32 Å². The summed E-state index contributed by atoms with van der Waals surface area (Å²) in [7, 11) is -2.82. The van der Waals surface area contributed by atoms with Gasteiger partial charge in [0.2, 0.25) is 5.91 Å². The fourth-order valence-electron chi connectivity index (χ4n) is 1.29. The van der Waals surface area contributed by atoms with Gasteiger partial charge in [-0.3, -0.25) is 4.79 Å². The Balaban J connectivity index is 2.34. The van der Waals surface area contributed by atoms with Gasteiger partial charge in [-0.1, -0.05) is 0 Å². The number of hydrogen-bond donors (Lipinski definition) is 1. The third kappa shape index (κ3) is 2.81. The zero-order chi connectivity index (χ0) is 9.19. The highest BCUT2D eigenvalue weighted by Crippen LogP contribution is 2.16. The first-order valence-corrected chi connectivity index (χ1v) is 5.62. The standard InChI is InChI=1S/C7H12NO3S/c1-6(9)8-4-7-2-3-12(10,11)5-7/h7H,1-5H2,(H,8,9). The van der Waals surface area contributed by atoms with Gasteiger partial charge in [0, 0.05) is 13.5 Å². The van der Waals surface area contributed by atoms with Crippen molar-refractivity contribution in [3.05, 3.63) is 6.92 Å². The molecule has 4 nitrogen and oxygen atoms in total. The molecule has 1 amide bonds. The lowest BCUT2D eigenvalue weighted by molar-refractivity contribution is -0.116. The first-order valence-electron chi connectivity index (χ1n) is 3.80. The predicted octanol–water partition coefficient (Wildman–Crippen LogP) is -0.629. The number of carbonyl (C=O) groups excluding carboxylic acids is 1. The lowest BCUT2D eigenvalue weighted by Gasteiger charge is -2.06. The summed E-state index contributed by atoms with van der Waals surface area (Å²) in [6.07, 6.45) is 0.655. The largest absolute Gasteiger partial charge is 0.356 e. The Morgan fingerprint density at radius 3 is 2.67 bits per heavy atom. The summed E-state index contributed by atoms with van der Waals surface area (Å²) in [5.41, 5.74) is 0. The molecule has 1 radical (unpaired) electrons. The van der Waals surface area contributed by atoms with E-state index in [4.69, 9.17) is 0 Å². The average Bonchev–Trinajstić information content (AvgIpc) is 2.26. The van der Waals surface area contributed by atoms with Crippen LogP contribution in [0.2, 0.25) is 0 Å². The molecule has 69 valence electrons. The Morgan fingerprint density at radius 2 is 2.25 bits per heavy atom. The minimum absolute atomic E-state index is 0.0840. The zero-order valence-electron chi connectivity index (χ0n) is 6.75. The van der Waals surface area contributed by atoms with Gasteiger partial charge in [-0.25, -0.2) is 8.42 Å². The third-order valence-corrected chi connectivity index (χ3v) is 3.75. The molecule has 0 aliphatic carbocycles. The topological polar surface area (TPSA) is 63.2 Å². The van der Waals surface area contributed by atoms with E-state index < -0.39 is 9.84 Å². The second kappa shape index (κ2) is 3.43. The third-order valence-electron chi connectivity index (χ3n) is 1.91. The molecule has 12 heavy (non-hydrogen) atoms. The second-order valence-corrected chi connectivity index (χ2v) is 5.30. The molecular formula is C7H12NO3S.